The lowest BCUT2D eigenvalue weighted by Gasteiger charge is -2.27. The van der Waals surface area contributed by atoms with Crippen LogP contribution in [0.5, 0.6) is 11.5 Å². The fraction of sp³-hybridized carbons (Fsp3) is 0.231. The third-order valence-corrected chi connectivity index (χ3v) is 9.65. The summed E-state index contributed by atoms with van der Waals surface area (Å²) >= 11 is 13.6. The summed E-state index contributed by atoms with van der Waals surface area (Å²) in [5, 5.41) is 1.24. The van der Waals surface area contributed by atoms with Gasteiger partial charge in [-0.05, 0) is 60.5 Å². The molecule has 0 spiro atoms. The maximum Gasteiger partial charge on any atom is 0.252 e. The van der Waals surface area contributed by atoms with Crippen molar-refractivity contribution in [2.75, 3.05) is 16.4 Å². The predicted octanol–water partition coefficient (Wildman–Crippen LogP) is 5.94. The van der Waals surface area contributed by atoms with Crippen LogP contribution in [0.1, 0.15) is 11.1 Å². The van der Waals surface area contributed by atoms with Crippen LogP contribution in [-0.4, -0.2) is 42.3 Å². The smallest absolute Gasteiger partial charge is 0.252 e. The van der Waals surface area contributed by atoms with Crippen molar-refractivity contribution in [2.24, 2.45) is 4.99 Å². The Bertz CT molecular complexity index is 1460. The van der Waals surface area contributed by atoms with Crippen LogP contribution in [0.2, 0.25) is 10.0 Å². The minimum atomic E-state index is -3.23. The van der Waals surface area contributed by atoms with E-state index in [1.807, 2.05) is 31.2 Å². The number of fused-ring (bicyclic) bond motifs is 1. The SMILES string of the molecule is Cc1cccc(Oc2ccc(Cl)cc2N2C(=NC(=O)Cc3ccc(Cl)cc3)S[C@H]3CS(=O)(=O)C[C@H]32)c1. The molecule has 0 unspecified atom stereocenters. The van der Waals surface area contributed by atoms with E-state index in [9.17, 15) is 13.2 Å². The lowest BCUT2D eigenvalue weighted by Crippen LogP contribution is -2.38. The molecule has 2 saturated heterocycles. The van der Waals surface area contributed by atoms with Crippen molar-refractivity contribution >= 4 is 61.6 Å². The average Bonchev–Trinajstić information content (AvgIpc) is 3.27. The first kappa shape index (κ1) is 25.1. The Labute approximate surface area is 224 Å². The summed E-state index contributed by atoms with van der Waals surface area (Å²) in [6, 6.07) is 19.4. The number of rotatable bonds is 5. The molecule has 2 atom stereocenters. The molecule has 0 aromatic heterocycles. The lowest BCUT2D eigenvalue weighted by molar-refractivity contribution is -0.117. The van der Waals surface area contributed by atoms with Crippen LogP contribution in [0.15, 0.2) is 71.7 Å². The van der Waals surface area contributed by atoms with E-state index >= 15 is 0 Å². The van der Waals surface area contributed by atoms with Crippen LogP contribution < -0.4 is 9.64 Å². The number of thioether (sulfide) groups is 1. The maximum atomic E-state index is 12.9. The summed E-state index contributed by atoms with van der Waals surface area (Å²) in [6.07, 6.45) is 0.102. The quantitative estimate of drug-likeness (QED) is 0.384. The highest BCUT2D eigenvalue weighted by Crippen LogP contribution is 2.45. The molecule has 0 radical (unpaired) electrons. The number of hydrogen-bond acceptors (Lipinski definition) is 5. The Balaban J connectivity index is 1.52. The van der Waals surface area contributed by atoms with Gasteiger partial charge in [0.1, 0.15) is 5.75 Å². The summed E-state index contributed by atoms with van der Waals surface area (Å²) in [4.78, 5) is 19.1. The normalized spacial score (nSPS) is 21.5. The summed E-state index contributed by atoms with van der Waals surface area (Å²) in [7, 11) is -3.23. The summed E-state index contributed by atoms with van der Waals surface area (Å²) < 4.78 is 31.2. The van der Waals surface area contributed by atoms with Gasteiger partial charge in [-0.2, -0.15) is 4.99 Å². The zero-order valence-electron chi connectivity index (χ0n) is 19.2. The van der Waals surface area contributed by atoms with Gasteiger partial charge in [-0.15, -0.1) is 0 Å². The van der Waals surface area contributed by atoms with E-state index in [4.69, 9.17) is 27.9 Å². The van der Waals surface area contributed by atoms with Crippen LogP contribution in [0.25, 0.3) is 0 Å². The minimum absolute atomic E-state index is 0.0257. The van der Waals surface area contributed by atoms with Crippen molar-refractivity contribution in [3.8, 4) is 11.5 Å². The molecule has 36 heavy (non-hydrogen) atoms. The van der Waals surface area contributed by atoms with Crippen molar-refractivity contribution in [3.05, 3.63) is 87.9 Å². The Morgan fingerprint density at radius 2 is 1.81 bits per heavy atom. The molecule has 0 aliphatic carbocycles. The fourth-order valence-electron chi connectivity index (χ4n) is 4.34. The number of amides is 1. The van der Waals surface area contributed by atoms with Gasteiger partial charge < -0.3 is 9.64 Å². The van der Waals surface area contributed by atoms with Crippen LogP contribution in [0, 0.1) is 6.92 Å². The number of anilines is 1. The average molecular weight is 562 g/mol. The molecule has 2 heterocycles. The predicted molar refractivity (Wildman–Crippen MR) is 147 cm³/mol. The highest BCUT2D eigenvalue weighted by Gasteiger charge is 2.50. The second kappa shape index (κ2) is 10.1. The monoisotopic (exact) mass is 560 g/mol. The van der Waals surface area contributed by atoms with Crippen LogP contribution in [0.3, 0.4) is 0 Å². The fourth-order valence-corrected chi connectivity index (χ4v) is 8.56. The number of halogens is 2. The molecule has 186 valence electrons. The second-order valence-corrected chi connectivity index (χ2v) is 13.0. The third-order valence-electron chi connectivity index (χ3n) is 5.95. The van der Waals surface area contributed by atoms with Gasteiger partial charge in [0.2, 0.25) is 0 Å². The zero-order chi connectivity index (χ0) is 25.4. The van der Waals surface area contributed by atoms with Crippen molar-refractivity contribution in [2.45, 2.75) is 24.6 Å². The van der Waals surface area contributed by atoms with Gasteiger partial charge in [-0.3, -0.25) is 4.79 Å². The number of amidine groups is 1. The van der Waals surface area contributed by atoms with E-state index in [0.29, 0.717) is 32.4 Å². The molecule has 0 bridgehead atoms. The number of benzene rings is 3. The van der Waals surface area contributed by atoms with Gasteiger partial charge in [0, 0.05) is 15.3 Å². The van der Waals surface area contributed by atoms with E-state index < -0.39 is 9.84 Å². The summed E-state index contributed by atoms with van der Waals surface area (Å²) in [5.74, 6) is 0.783. The Morgan fingerprint density at radius 1 is 1.06 bits per heavy atom. The number of carbonyl (C=O) groups excluding carboxylic acids is 1. The molecule has 3 aromatic carbocycles. The van der Waals surface area contributed by atoms with Crippen molar-refractivity contribution < 1.29 is 17.9 Å². The molecule has 3 aromatic rings. The van der Waals surface area contributed by atoms with Crippen molar-refractivity contribution in [1.29, 1.82) is 0 Å². The molecular formula is C26H22Cl2N2O4S2. The number of hydrogen-bond donors (Lipinski definition) is 0. The first-order valence-electron chi connectivity index (χ1n) is 11.2. The Kier molecular flexibility index (Phi) is 7.05. The number of sulfone groups is 1. The minimum Gasteiger partial charge on any atom is -0.455 e. The number of aryl methyl sites for hydroxylation is 1. The van der Waals surface area contributed by atoms with Crippen LogP contribution >= 0.6 is 35.0 Å². The maximum absolute atomic E-state index is 12.9. The number of nitrogens with zero attached hydrogens (tertiary/aromatic N) is 2. The molecule has 1 amide bonds. The third kappa shape index (κ3) is 5.57. The molecule has 6 nitrogen and oxygen atoms in total. The Hall–Kier alpha value is -2.52. The van der Waals surface area contributed by atoms with Crippen LogP contribution in [0.4, 0.5) is 5.69 Å². The van der Waals surface area contributed by atoms with Gasteiger partial charge in [0.05, 0.1) is 29.7 Å². The highest BCUT2D eigenvalue weighted by atomic mass is 35.5. The summed E-state index contributed by atoms with van der Waals surface area (Å²) in [6.45, 7) is 1.97. The number of aliphatic imine (C=N–C) groups is 1. The largest absolute Gasteiger partial charge is 0.455 e. The molecule has 10 heteroatoms. The lowest BCUT2D eigenvalue weighted by atomic mass is 10.1. The van der Waals surface area contributed by atoms with Crippen molar-refractivity contribution in [3.63, 3.8) is 0 Å². The van der Waals surface area contributed by atoms with Crippen LogP contribution in [-0.2, 0) is 21.1 Å². The van der Waals surface area contributed by atoms with E-state index in [0.717, 1.165) is 11.1 Å². The standard InChI is InChI=1S/C26H22Cl2N2O4S2/c1-16-3-2-4-20(11-16)34-23-10-9-19(28)13-21(23)30-22-14-36(32,33)15-24(22)35-26(30)29-25(31)12-17-5-7-18(27)8-6-17/h2-11,13,22,24H,12,14-15H2,1H3/t22-,24+/m1/s1. The molecule has 0 saturated carbocycles. The van der Waals surface area contributed by atoms with E-state index in [1.165, 1.54) is 11.8 Å². The van der Waals surface area contributed by atoms with E-state index in [2.05, 4.69) is 4.99 Å². The Morgan fingerprint density at radius 3 is 2.56 bits per heavy atom. The first-order valence-corrected chi connectivity index (χ1v) is 14.7. The van der Waals surface area contributed by atoms with Gasteiger partial charge >= 0.3 is 0 Å². The topological polar surface area (TPSA) is 76.0 Å². The van der Waals surface area contributed by atoms with E-state index in [1.54, 1.807) is 47.4 Å². The molecule has 0 N–H and O–H groups in total. The number of ether oxygens (including phenoxy) is 1. The van der Waals surface area contributed by atoms with Crippen molar-refractivity contribution in [1.82, 2.24) is 0 Å². The zero-order valence-corrected chi connectivity index (χ0v) is 22.4. The van der Waals surface area contributed by atoms with Gasteiger partial charge in [-0.25, -0.2) is 8.42 Å². The molecule has 5 rings (SSSR count). The summed E-state index contributed by atoms with van der Waals surface area (Å²) in [5.41, 5.74) is 2.40. The van der Waals surface area contributed by atoms with Gasteiger partial charge in [-0.1, -0.05) is 59.2 Å². The van der Waals surface area contributed by atoms with E-state index in [-0.39, 0.29) is 35.1 Å². The highest BCUT2D eigenvalue weighted by molar-refractivity contribution is 8.16. The molecule has 2 fully saturated rings. The number of carbonyl (C=O) groups is 1. The molecule has 2 aliphatic heterocycles. The second-order valence-electron chi connectivity index (χ2n) is 8.79. The van der Waals surface area contributed by atoms with Gasteiger partial charge in [0.25, 0.3) is 5.91 Å². The molecular weight excluding hydrogens is 539 g/mol. The van der Waals surface area contributed by atoms with Gasteiger partial charge in [0.15, 0.2) is 20.8 Å². The first-order chi connectivity index (χ1) is 17.2. The molecule has 2 aliphatic rings.